The lowest BCUT2D eigenvalue weighted by molar-refractivity contribution is 0.0689. The fourth-order valence-electron chi connectivity index (χ4n) is 1.52. The van der Waals surface area contributed by atoms with Gasteiger partial charge in [-0.25, -0.2) is 4.79 Å². The number of thioether (sulfide) groups is 1. The second-order valence-electron chi connectivity index (χ2n) is 3.58. The molecule has 1 N–H and O–H groups in total. The van der Waals surface area contributed by atoms with Crippen LogP contribution in [0.5, 0.6) is 0 Å². The molecule has 0 saturated carbocycles. The Morgan fingerprint density at radius 2 is 2.38 bits per heavy atom. The van der Waals surface area contributed by atoms with E-state index in [0.29, 0.717) is 5.25 Å². The van der Waals surface area contributed by atoms with E-state index in [1.165, 1.54) is 6.07 Å². The molecule has 0 aliphatic carbocycles. The molecule has 0 spiro atoms. The summed E-state index contributed by atoms with van der Waals surface area (Å²) in [6.07, 6.45) is 1.21. The van der Waals surface area contributed by atoms with Crippen LogP contribution in [0, 0.1) is 0 Å². The van der Waals surface area contributed by atoms with Gasteiger partial charge in [-0.15, -0.1) is 10.2 Å². The summed E-state index contributed by atoms with van der Waals surface area (Å²) in [5, 5.41) is 17.3. The third kappa shape index (κ3) is 2.51. The summed E-state index contributed by atoms with van der Waals surface area (Å²) in [7, 11) is 0. The van der Waals surface area contributed by atoms with Gasteiger partial charge in [0.05, 0.1) is 6.10 Å². The van der Waals surface area contributed by atoms with Crippen molar-refractivity contribution in [1.82, 2.24) is 10.2 Å². The number of aromatic nitrogens is 2. The molecule has 1 aliphatic heterocycles. The van der Waals surface area contributed by atoms with Gasteiger partial charge in [-0.1, -0.05) is 11.8 Å². The molecule has 1 fully saturated rings. The number of carboxylic acids is 1. The van der Waals surface area contributed by atoms with Crippen molar-refractivity contribution in [1.29, 1.82) is 0 Å². The first-order valence-electron chi connectivity index (χ1n) is 5.02. The van der Waals surface area contributed by atoms with Crippen molar-refractivity contribution in [2.75, 3.05) is 6.61 Å². The van der Waals surface area contributed by atoms with Crippen molar-refractivity contribution in [2.24, 2.45) is 0 Å². The van der Waals surface area contributed by atoms with Crippen LogP contribution in [0.3, 0.4) is 0 Å². The number of hydrogen-bond acceptors (Lipinski definition) is 5. The highest BCUT2D eigenvalue weighted by molar-refractivity contribution is 7.99. The fraction of sp³-hybridized carbons (Fsp3) is 0.500. The van der Waals surface area contributed by atoms with Gasteiger partial charge in [0.1, 0.15) is 5.03 Å². The van der Waals surface area contributed by atoms with Crippen LogP contribution in [0.15, 0.2) is 17.2 Å². The van der Waals surface area contributed by atoms with E-state index in [0.717, 1.165) is 18.1 Å². The number of aromatic carboxylic acids is 1. The molecule has 1 aliphatic rings. The Morgan fingerprint density at radius 3 is 2.88 bits per heavy atom. The molecule has 0 aromatic carbocycles. The lowest BCUT2D eigenvalue weighted by atomic mass is 10.3. The average Bonchev–Trinajstić information content (AvgIpc) is 2.65. The molecule has 0 amide bonds. The predicted molar refractivity (Wildman–Crippen MR) is 58.7 cm³/mol. The third-order valence-corrected chi connectivity index (χ3v) is 3.82. The topological polar surface area (TPSA) is 72.3 Å². The van der Waals surface area contributed by atoms with Crippen LogP contribution < -0.4 is 0 Å². The lowest BCUT2D eigenvalue weighted by Crippen LogP contribution is -2.13. The molecule has 1 aromatic heterocycles. The zero-order chi connectivity index (χ0) is 11.5. The Hall–Kier alpha value is -1.14. The Morgan fingerprint density at radius 1 is 1.56 bits per heavy atom. The minimum Gasteiger partial charge on any atom is -0.476 e. The quantitative estimate of drug-likeness (QED) is 0.862. The van der Waals surface area contributed by atoms with E-state index in [-0.39, 0.29) is 11.8 Å². The highest BCUT2D eigenvalue weighted by Crippen LogP contribution is 2.30. The Bertz CT molecular complexity index is 382. The number of rotatable bonds is 3. The second-order valence-corrected chi connectivity index (χ2v) is 4.84. The van der Waals surface area contributed by atoms with Crippen LogP contribution in [-0.4, -0.2) is 39.2 Å². The molecule has 5 nitrogen and oxygen atoms in total. The highest BCUT2D eigenvalue weighted by atomic mass is 32.2. The van der Waals surface area contributed by atoms with Crippen molar-refractivity contribution >= 4 is 17.7 Å². The number of hydrogen-bond donors (Lipinski definition) is 1. The first kappa shape index (κ1) is 11.3. The second kappa shape index (κ2) is 4.80. The van der Waals surface area contributed by atoms with Crippen LogP contribution >= 0.6 is 11.8 Å². The molecule has 2 unspecified atom stereocenters. The Balaban J connectivity index is 2.02. The van der Waals surface area contributed by atoms with Gasteiger partial charge in [-0.05, 0) is 25.5 Å². The minimum atomic E-state index is -1.05. The van der Waals surface area contributed by atoms with Crippen LogP contribution in [0.2, 0.25) is 0 Å². The average molecular weight is 240 g/mol. The van der Waals surface area contributed by atoms with E-state index >= 15 is 0 Å². The summed E-state index contributed by atoms with van der Waals surface area (Å²) >= 11 is 1.59. The highest BCUT2D eigenvalue weighted by Gasteiger charge is 2.25. The number of ether oxygens (including phenoxy) is 1. The number of carboxylic acid groups (broad SMARTS) is 1. The number of nitrogens with zero attached hydrogens (tertiary/aromatic N) is 2. The van der Waals surface area contributed by atoms with Crippen molar-refractivity contribution < 1.29 is 14.6 Å². The van der Waals surface area contributed by atoms with Gasteiger partial charge in [0, 0.05) is 11.9 Å². The van der Waals surface area contributed by atoms with Gasteiger partial charge in [-0.3, -0.25) is 0 Å². The minimum absolute atomic E-state index is 0.0277. The Kier molecular flexibility index (Phi) is 3.40. The zero-order valence-electron chi connectivity index (χ0n) is 8.79. The van der Waals surface area contributed by atoms with E-state index in [4.69, 9.17) is 9.84 Å². The van der Waals surface area contributed by atoms with Crippen LogP contribution in [0.4, 0.5) is 0 Å². The van der Waals surface area contributed by atoms with Crippen molar-refractivity contribution in [3.05, 3.63) is 17.8 Å². The molecule has 1 aromatic rings. The van der Waals surface area contributed by atoms with E-state index in [9.17, 15) is 4.79 Å². The smallest absolute Gasteiger partial charge is 0.356 e. The molecule has 2 heterocycles. The fourth-order valence-corrected chi connectivity index (χ4v) is 2.55. The normalized spacial score (nSPS) is 24.6. The maximum atomic E-state index is 10.6. The molecular formula is C10H12N2O3S. The van der Waals surface area contributed by atoms with Gasteiger partial charge >= 0.3 is 5.97 Å². The molecule has 0 radical (unpaired) electrons. The first-order valence-corrected chi connectivity index (χ1v) is 5.90. The van der Waals surface area contributed by atoms with Crippen LogP contribution in [0.25, 0.3) is 0 Å². The van der Waals surface area contributed by atoms with Gasteiger partial charge in [0.2, 0.25) is 0 Å². The largest absolute Gasteiger partial charge is 0.476 e. The van der Waals surface area contributed by atoms with Crippen molar-refractivity contribution in [3.63, 3.8) is 0 Å². The summed E-state index contributed by atoms with van der Waals surface area (Å²) < 4.78 is 5.44. The molecule has 86 valence electrons. The molecule has 16 heavy (non-hydrogen) atoms. The predicted octanol–water partition coefficient (Wildman–Crippen LogP) is 1.44. The summed E-state index contributed by atoms with van der Waals surface area (Å²) in [5.74, 6) is -1.05. The van der Waals surface area contributed by atoms with Gasteiger partial charge < -0.3 is 9.84 Å². The van der Waals surface area contributed by atoms with Crippen molar-refractivity contribution in [2.45, 2.75) is 29.7 Å². The molecule has 2 atom stereocenters. The van der Waals surface area contributed by atoms with E-state index in [2.05, 4.69) is 10.2 Å². The van der Waals surface area contributed by atoms with Gasteiger partial charge in [0.15, 0.2) is 5.69 Å². The van der Waals surface area contributed by atoms with Crippen LogP contribution in [0.1, 0.15) is 23.8 Å². The van der Waals surface area contributed by atoms with Gasteiger partial charge in [0.25, 0.3) is 0 Å². The molecular weight excluding hydrogens is 228 g/mol. The summed E-state index contributed by atoms with van der Waals surface area (Å²) in [5.41, 5.74) is -0.0277. The Labute approximate surface area is 97.2 Å². The van der Waals surface area contributed by atoms with Gasteiger partial charge in [-0.2, -0.15) is 0 Å². The van der Waals surface area contributed by atoms with E-state index in [1.807, 2.05) is 6.92 Å². The maximum absolute atomic E-state index is 10.6. The summed E-state index contributed by atoms with van der Waals surface area (Å²) in [4.78, 5) is 10.6. The molecule has 6 heteroatoms. The maximum Gasteiger partial charge on any atom is 0.356 e. The number of carbonyl (C=O) groups is 1. The summed E-state index contributed by atoms with van der Waals surface area (Å²) in [6, 6.07) is 3.16. The standard InChI is InChI=1S/C10H12N2O3S/c1-6-8(4-5-15-6)16-9-3-2-7(10(13)14)11-12-9/h2-3,6,8H,4-5H2,1H3,(H,13,14). The van der Waals surface area contributed by atoms with E-state index < -0.39 is 5.97 Å². The summed E-state index contributed by atoms with van der Waals surface area (Å²) in [6.45, 7) is 2.81. The first-order chi connectivity index (χ1) is 7.66. The lowest BCUT2D eigenvalue weighted by Gasteiger charge is -2.11. The van der Waals surface area contributed by atoms with Crippen LogP contribution in [-0.2, 0) is 4.74 Å². The molecule has 0 bridgehead atoms. The zero-order valence-corrected chi connectivity index (χ0v) is 9.61. The van der Waals surface area contributed by atoms with E-state index in [1.54, 1.807) is 17.8 Å². The third-order valence-electron chi connectivity index (χ3n) is 2.44. The molecule has 1 saturated heterocycles. The molecule has 2 rings (SSSR count). The SMILES string of the molecule is CC1OCCC1Sc1ccc(C(=O)O)nn1. The monoisotopic (exact) mass is 240 g/mol. The van der Waals surface area contributed by atoms with Crippen molar-refractivity contribution in [3.8, 4) is 0 Å².